The molecule has 1 aliphatic rings. The van der Waals surface area contributed by atoms with Crippen molar-refractivity contribution in [2.24, 2.45) is 0 Å². The predicted molar refractivity (Wildman–Crippen MR) is 73.4 cm³/mol. The first-order chi connectivity index (χ1) is 8.45. The second kappa shape index (κ2) is 5.00. The van der Waals surface area contributed by atoms with Crippen LogP contribution in [0.3, 0.4) is 0 Å². The van der Waals surface area contributed by atoms with Crippen LogP contribution in [-0.2, 0) is 0 Å². The van der Waals surface area contributed by atoms with Crippen molar-refractivity contribution in [1.29, 1.82) is 0 Å². The van der Waals surface area contributed by atoms with Gasteiger partial charge in [0.15, 0.2) is 0 Å². The van der Waals surface area contributed by atoms with Crippen LogP contribution in [-0.4, -0.2) is 19.6 Å². The van der Waals surface area contributed by atoms with Gasteiger partial charge in [0.25, 0.3) is 0 Å². The van der Waals surface area contributed by atoms with Crippen LogP contribution in [0, 0.1) is 0 Å². The molecule has 2 N–H and O–H groups in total. The Hall–Kier alpha value is -1.16. The van der Waals surface area contributed by atoms with Gasteiger partial charge in [-0.25, -0.2) is 0 Å². The van der Waals surface area contributed by atoms with Crippen molar-refractivity contribution in [3.63, 3.8) is 0 Å². The van der Waals surface area contributed by atoms with E-state index in [1.165, 1.54) is 16.0 Å². The fourth-order valence-corrected chi connectivity index (χ4v) is 3.10. The van der Waals surface area contributed by atoms with Crippen molar-refractivity contribution >= 4 is 11.3 Å². The topological polar surface area (TPSA) is 24.1 Å². The van der Waals surface area contributed by atoms with Gasteiger partial charge >= 0.3 is 0 Å². The minimum absolute atomic E-state index is 0.432. The average molecular weight is 244 g/mol. The Labute approximate surface area is 106 Å². The number of nitrogens with one attached hydrogen (secondary N) is 2. The van der Waals surface area contributed by atoms with Gasteiger partial charge in [0.05, 0.1) is 0 Å². The summed E-state index contributed by atoms with van der Waals surface area (Å²) in [5, 5.41) is 9.16. The summed E-state index contributed by atoms with van der Waals surface area (Å²) in [6.45, 7) is 3.13. The van der Waals surface area contributed by atoms with Crippen LogP contribution >= 0.6 is 11.3 Å². The molecule has 2 aromatic rings. The molecular formula is C14H16N2S. The minimum Gasteiger partial charge on any atom is -0.314 e. The molecule has 3 heteroatoms. The number of hydrogen-bond acceptors (Lipinski definition) is 3. The van der Waals surface area contributed by atoms with Gasteiger partial charge in [0, 0.05) is 30.6 Å². The molecule has 1 atom stereocenters. The summed E-state index contributed by atoms with van der Waals surface area (Å²) in [7, 11) is 0. The molecule has 1 saturated heterocycles. The third-order valence-electron chi connectivity index (χ3n) is 3.16. The van der Waals surface area contributed by atoms with Crippen LogP contribution in [0.2, 0.25) is 0 Å². The van der Waals surface area contributed by atoms with E-state index in [1.807, 2.05) is 0 Å². The number of rotatable bonds is 2. The SMILES string of the molecule is c1csc(-c2ccccc2C2CNCCN2)c1. The largest absolute Gasteiger partial charge is 0.314 e. The highest BCUT2D eigenvalue weighted by atomic mass is 32.1. The molecule has 0 aliphatic carbocycles. The molecule has 1 fully saturated rings. The molecule has 17 heavy (non-hydrogen) atoms. The fourth-order valence-electron chi connectivity index (χ4n) is 2.33. The molecule has 88 valence electrons. The van der Waals surface area contributed by atoms with Crippen LogP contribution in [0.1, 0.15) is 11.6 Å². The van der Waals surface area contributed by atoms with Crippen molar-refractivity contribution in [2.45, 2.75) is 6.04 Å². The summed E-state index contributed by atoms with van der Waals surface area (Å²) in [6, 6.07) is 13.4. The van der Waals surface area contributed by atoms with E-state index in [0.717, 1.165) is 19.6 Å². The van der Waals surface area contributed by atoms with Gasteiger partial charge in [-0.05, 0) is 22.6 Å². The van der Waals surface area contributed by atoms with Crippen LogP contribution in [0.5, 0.6) is 0 Å². The lowest BCUT2D eigenvalue weighted by Crippen LogP contribution is -2.42. The van der Waals surface area contributed by atoms with Gasteiger partial charge in [-0.1, -0.05) is 30.3 Å². The molecular weight excluding hydrogens is 228 g/mol. The molecule has 0 saturated carbocycles. The van der Waals surface area contributed by atoms with Crippen LogP contribution in [0.25, 0.3) is 10.4 Å². The summed E-state index contributed by atoms with van der Waals surface area (Å²) in [4.78, 5) is 1.35. The van der Waals surface area contributed by atoms with Crippen molar-refractivity contribution in [3.05, 3.63) is 47.3 Å². The fraction of sp³-hybridized carbons (Fsp3) is 0.286. The van der Waals surface area contributed by atoms with Gasteiger partial charge in [0.2, 0.25) is 0 Å². The quantitative estimate of drug-likeness (QED) is 0.848. The summed E-state index contributed by atoms with van der Waals surface area (Å²) in [5.74, 6) is 0. The van der Waals surface area contributed by atoms with E-state index in [-0.39, 0.29) is 0 Å². The lowest BCUT2D eigenvalue weighted by atomic mass is 9.98. The van der Waals surface area contributed by atoms with Crippen LogP contribution in [0.4, 0.5) is 0 Å². The van der Waals surface area contributed by atoms with E-state index in [4.69, 9.17) is 0 Å². The molecule has 1 aromatic carbocycles. The molecule has 1 unspecified atom stereocenters. The first-order valence-corrected chi connectivity index (χ1v) is 6.90. The van der Waals surface area contributed by atoms with E-state index in [1.54, 1.807) is 11.3 Å². The van der Waals surface area contributed by atoms with E-state index in [2.05, 4.69) is 52.4 Å². The maximum atomic E-state index is 3.58. The average Bonchev–Trinajstić information content (AvgIpc) is 2.94. The van der Waals surface area contributed by atoms with E-state index < -0.39 is 0 Å². The maximum absolute atomic E-state index is 3.58. The van der Waals surface area contributed by atoms with E-state index in [9.17, 15) is 0 Å². The van der Waals surface area contributed by atoms with Gasteiger partial charge in [-0.3, -0.25) is 0 Å². The van der Waals surface area contributed by atoms with Crippen molar-refractivity contribution < 1.29 is 0 Å². The smallest absolute Gasteiger partial charge is 0.0453 e. The number of hydrogen-bond donors (Lipinski definition) is 2. The minimum atomic E-state index is 0.432. The van der Waals surface area contributed by atoms with Crippen LogP contribution in [0.15, 0.2) is 41.8 Å². The lowest BCUT2D eigenvalue weighted by molar-refractivity contribution is 0.431. The van der Waals surface area contributed by atoms with Gasteiger partial charge in [-0.2, -0.15) is 0 Å². The normalized spacial score (nSPS) is 20.4. The summed E-state index contributed by atoms with van der Waals surface area (Å²) < 4.78 is 0. The Morgan fingerprint density at radius 2 is 2.00 bits per heavy atom. The van der Waals surface area contributed by atoms with Crippen molar-refractivity contribution in [3.8, 4) is 10.4 Å². The summed E-state index contributed by atoms with van der Waals surface area (Å²) in [6.07, 6.45) is 0. The standard InChI is InChI=1S/C14H16N2S/c1-2-5-12(14-6-3-9-17-14)11(4-1)13-10-15-7-8-16-13/h1-6,9,13,15-16H,7-8,10H2. The Morgan fingerprint density at radius 3 is 2.76 bits per heavy atom. The molecule has 0 spiro atoms. The zero-order valence-electron chi connectivity index (χ0n) is 9.65. The van der Waals surface area contributed by atoms with Crippen molar-refractivity contribution in [2.75, 3.05) is 19.6 Å². The van der Waals surface area contributed by atoms with E-state index in [0.29, 0.717) is 6.04 Å². The molecule has 2 heterocycles. The molecule has 1 aromatic heterocycles. The highest BCUT2D eigenvalue weighted by Crippen LogP contribution is 2.31. The zero-order chi connectivity index (χ0) is 11.5. The summed E-state index contributed by atoms with van der Waals surface area (Å²) in [5.41, 5.74) is 2.77. The second-order valence-electron chi connectivity index (χ2n) is 4.28. The number of benzene rings is 1. The molecule has 0 bridgehead atoms. The zero-order valence-corrected chi connectivity index (χ0v) is 10.5. The monoisotopic (exact) mass is 244 g/mol. The molecule has 0 radical (unpaired) electrons. The Bertz CT molecular complexity index is 473. The third kappa shape index (κ3) is 2.27. The lowest BCUT2D eigenvalue weighted by Gasteiger charge is -2.26. The summed E-state index contributed by atoms with van der Waals surface area (Å²) >= 11 is 1.81. The maximum Gasteiger partial charge on any atom is 0.0453 e. The van der Waals surface area contributed by atoms with Gasteiger partial charge in [-0.15, -0.1) is 11.3 Å². The Balaban J connectivity index is 1.98. The Kier molecular flexibility index (Phi) is 3.22. The van der Waals surface area contributed by atoms with Crippen molar-refractivity contribution in [1.82, 2.24) is 10.6 Å². The molecule has 3 rings (SSSR count). The van der Waals surface area contributed by atoms with Gasteiger partial charge < -0.3 is 10.6 Å². The van der Waals surface area contributed by atoms with Gasteiger partial charge in [0.1, 0.15) is 0 Å². The van der Waals surface area contributed by atoms with Crippen LogP contribution < -0.4 is 10.6 Å². The molecule has 2 nitrogen and oxygen atoms in total. The second-order valence-corrected chi connectivity index (χ2v) is 5.22. The number of thiophene rings is 1. The highest BCUT2D eigenvalue weighted by Gasteiger charge is 2.17. The number of piperazine rings is 1. The highest BCUT2D eigenvalue weighted by molar-refractivity contribution is 7.13. The predicted octanol–water partition coefficient (Wildman–Crippen LogP) is 2.65. The first kappa shape index (κ1) is 11.0. The Morgan fingerprint density at radius 1 is 1.06 bits per heavy atom. The third-order valence-corrected chi connectivity index (χ3v) is 4.07. The first-order valence-electron chi connectivity index (χ1n) is 6.02. The molecule has 0 amide bonds. The van der Waals surface area contributed by atoms with E-state index >= 15 is 0 Å². The molecule has 1 aliphatic heterocycles.